The Morgan fingerprint density at radius 2 is 1.82 bits per heavy atom. The van der Waals surface area contributed by atoms with E-state index >= 15 is 0 Å². The molecule has 2 heterocycles. The number of carbonyl (C=O) groups is 1. The number of amidine groups is 1. The number of likely N-dealkylation sites (tertiary alicyclic amines) is 1. The van der Waals surface area contributed by atoms with Gasteiger partial charge in [-0.1, -0.05) is 45.0 Å². The summed E-state index contributed by atoms with van der Waals surface area (Å²) in [6.45, 7) is 11.8. The summed E-state index contributed by atoms with van der Waals surface area (Å²) in [6.07, 6.45) is 0.804. The first kappa shape index (κ1) is 24.6. The Labute approximate surface area is 194 Å². The van der Waals surface area contributed by atoms with Crippen LogP contribution in [0.4, 0.5) is 9.18 Å². The maximum Gasteiger partial charge on any atom is 0.410 e. The summed E-state index contributed by atoms with van der Waals surface area (Å²) < 4.78 is 19.7. The van der Waals surface area contributed by atoms with Crippen LogP contribution in [0.5, 0.6) is 0 Å². The second kappa shape index (κ2) is 8.41. The summed E-state index contributed by atoms with van der Waals surface area (Å²) in [5.41, 5.74) is 4.28. The Bertz CT molecular complexity index is 1060. The number of carbonyl (C=O) groups excluding carboxylic acids is 1. The van der Waals surface area contributed by atoms with Crippen molar-refractivity contribution in [2.24, 2.45) is 11.1 Å². The molecule has 1 aromatic heterocycles. The van der Waals surface area contributed by atoms with E-state index in [0.717, 1.165) is 5.56 Å². The third kappa shape index (κ3) is 4.57. The van der Waals surface area contributed by atoms with Gasteiger partial charge < -0.3 is 20.5 Å². The van der Waals surface area contributed by atoms with E-state index in [1.54, 1.807) is 20.8 Å². The highest BCUT2D eigenvalue weighted by atomic mass is 19.1. The van der Waals surface area contributed by atoms with E-state index in [4.69, 9.17) is 15.9 Å². The zero-order chi connectivity index (χ0) is 24.8. The van der Waals surface area contributed by atoms with Crippen molar-refractivity contribution in [3.63, 3.8) is 0 Å². The number of nitrogen functional groups attached to an aromatic ring is 1. The number of nitrogens with one attached hydrogen (secondary N) is 1. The normalized spacial score (nSPS) is 17.3. The van der Waals surface area contributed by atoms with E-state index in [9.17, 15) is 14.3 Å². The van der Waals surface area contributed by atoms with Crippen molar-refractivity contribution in [1.29, 1.82) is 5.41 Å². The standard InChI is InChI=1S/C25H33FN4O3/c1-15(2)16-7-9-17(10-8-16)25(32,18-11-19(21(27)28)20(26)29-12-18)24(6)13-30(14-24)22(31)33-23(3,4)5/h7-12,15,32H,13-14H2,1-6H3,(H3,27,28). The molecule has 1 atom stereocenters. The molecule has 8 heteroatoms. The SMILES string of the molecule is CC(C)c1ccc(C(O)(c2cnc(F)c(C(=N)N)c2)C2(C)CN(C(=O)OC(C)(C)C)C2)cc1. The van der Waals surface area contributed by atoms with Crippen LogP contribution in [-0.4, -0.2) is 45.6 Å². The van der Waals surface area contributed by atoms with Gasteiger partial charge in [-0.05, 0) is 43.9 Å². The lowest BCUT2D eigenvalue weighted by atomic mass is 9.62. The fourth-order valence-corrected chi connectivity index (χ4v) is 4.29. The molecule has 33 heavy (non-hydrogen) atoms. The average molecular weight is 457 g/mol. The number of aliphatic hydroxyl groups is 1. The lowest BCUT2D eigenvalue weighted by Gasteiger charge is -2.56. The highest BCUT2D eigenvalue weighted by Gasteiger charge is 2.58. The summed E-state index contributed by atoms with van der Waals surface area (Å²) in [5.74, 6) is -1.04. The molecule has 7 nitrogen and oxygen atoms in total. The highest BCUT2D eigenvalue weighted by Crippen LogP contribution is 2.51. The van der Waals surface area contributed by atoms with E-state index < -0.39 is 34.5 Å². The molecule has 0 aliphatic carbocycles. The van der Waals surface area contributed by atoms with Crippen LogP contribution in [-0.2, 0) is 10.3 Å². The van der Waals surface area contributed by atoms with Crippen LogP contribution >= 0.6 is 0 Å². The number of hydrogen-bond acceptors (Lipinski definition) is 5. The van der Waals surface area contributed by atoms with Gasteiger partial charge in [0.05, 0.1) is 5.56 Å². The molecule has 1 aliphatic rings. The van der Waals surface area contributed by atoms with E-state index in [-0.39, 0.29) is 18.7 Å². The highest BCUT2D eigenvalue weighted by molar-refractivity contribution is 5.95. The maximum absolute atomic E-state index is 14.2. The van der Waals surface area contributed by atoms with Gasteiger partial charge in [0.25, 0.3) is 0 Å². The van der Waals surface area contributed by atoms with Gasteiger partial charge >= 0.3 is 6.09 Å². The van der Waals surface area contributed by atoms with Gasteiger partial charge in [0, 0.05) is 30.3 Å². The summed E-state index contributed by atoms with van der Waals surface area (Å²) in [6, 6.07) is 8.94. The van der Waals surface area contributed by atoms with Gasteiger partial charge in [0.15, 0.2) is 0 Å². The maximum atomic E-state index is 14.2. The van der Waals surface area contributed by atoms with E-state index in [2.05, 4.69) is 18.8 Å². The van der Waals surface area contributed by atoms with Crippen LogP contribution in [0.25, 0.3) is 0 Å². The smallest absolute Gasteiger partial charge is 0.410 e. The van der Waals surface area contributed by atoms with Gasteiger partial charge in [-0.25, -0.2) is 9.78 Å². The quantitative estimate of drug-likeness (QED) is 0.356. The number of nitrogens with two attached hydrogens (primary N) is 1. The topological polar surface area (TPSA) is 113 Å². The summed E-state index contributed by atoms with van der Waals surface area (Å²) >= 11 is 0. The first-order valence-electron chi connectivity index (χ1n) is 11.0. The molecule has 0 saturated carbocycles. The molecule has 2 aromatic rings. The molecule has 1 unspecified atom stereocenters. The first-order valence-corrected chi connectivity index (χ1v) is 11.0. The Morgan fingerprint density at radius 3 is 2.30 bits per heavy atom. The van der Waals surface area contributed by atoms with Gasteiger partial charge in [0.2, 0.25) is 5.95 Å². The molecule has 3 rings (SSSR count). The Hall–Kier alpha value is -3.00. The number of nitrogens with zero attached hydrogens (tertiary/aromatic N) is 2. The van der Waals surface area contributed by atoms with Crippen molar-refractivity contribution in [1.82, 2.24) is 9.88 Å². The fourth-order valence-electron chi connectivity index (χ4n) is 4.29. The van der Waals surface area contributed by atoms with E-state index in [1.165, 1.54) is 17.2 Å². The summed E-state index contributed by atoms with van der Waals surface area (Å²) in [5, 5.41) is 19.9. The predicted octanol–water partition coefficient (Wildman–Crippen LogP) is 4.12. The number of halogens is 1. The Kier molecular flexibility index (Phi) is 6.28. The van der Waals surface area contributed by atoms with Crippen molar-refractivity contribution in [2.45, 2.75) is 58.7 Å². The van der Waals surface area contributed by atoms with Gasteiger partial charge in [0.1, 0.15) is 17.0 Å². The number of rotatable bonds is 5. The van der Waals surface area contributed by atoms with Crippen LogP contribution < -0.4 is 5.73 Å². The minimum absolute atomic E-state index is 0.184. The average Bonchev–Trinajstić information content (AvgIpc) is 2.69. The minimum atomic E-state index is -1.62. The van der Waals surface area contributed by atoms with E-state index in [1.807, 2.05) is 31.2 Å². The van der Waals surface area contributed by atoms with Crippen LogP contribution in [0.1, 0.15) is 69.7 Å². The molecule has 1 aromatic carbocycles. The molecule has 1 aliphatic heterocycles. The van der Waals surface area contributed by atoms with Crippen molar-refractivity contribution in [3.05, 3.63) is 64.7 Å². The van der Waals surface area contributed by atoms with Crippen molar-refractivity contribution >= 4 is 11.9 Å². The van der Waals surface area contributed by atoms with Crippen LogP contribution in [0, 0.1) is 16.8 Å². The molecular formula is C25H33FN4O3. The second-order valence-corrected chi connectivity index (χ2v) is 10.4. The number of amides is 1. The van der Waals surface area contributed by atoms with Crippen molar-refractivity contribution in [3.8, 4) is 0 Å². The number of benzene rings is 1. The minimum Gasteiger partial charge on any atom is -0.444 e. The van der Waals surface area contributed by atoms with Crippen LogP contribution in [0.2, 0.25) is 0 Å². The molecule has 1 fully saturated rings. The molecule has 178 valence electrons. The molecule has 0 spiro atoms. The van der Waals surface area contributed by atoms with Crippen LogP contribution in [0.15, 0.2) is 36.5 Å². The first-order chi connectivity index (χ1) is 15.2. The molecule has 0 radical (unpaired) electrons. The zero-order valence-corrected chi connectivity index (χ0v) is 20.1. The summed E-state index contributed by atoms with van der Waals surface area (Å²) in [4.78, 5) is 17.8. The Morgan fingerprint density at radius 1 is 1.24 bits per heavy atom. The lowest BCUT2D eigenvalue weighted by molar-refractivity contribution is -0.131. The largest absolute Gasteiger partial charge is 0.444 e. The number of ether oxygens (including phenoxy) is 1. The number of pyridine rings is 1. The molecule has 1 saturated heterocycles. The third-order valence-electron chi connectivity index (χ3n) is 6.15. The summed E-state index contributed by atoms with van der Waals surface area (Å²) in [7, 11) is 0. The lowest BCUT2D eigenvalue weighted by Crippen LogP contribution is -2.66. The van der Waals surface area contributed by atoms with Gasteiger partial charge in [-0.3, -0.25) is 5.41 Å². The molecule has 4 N–H and O–H groups in total. The van der Waals surface area contributed by atoms with E-state index in [0.29, 0.717) is 17.0 Å². The monoisotopic (exact) mass is 456 g/mol. The number of aromatic nitrogens is 1. The van der Waals surface area contributed by atoms with Gasteiger partial charge in [-0.2, -0.15) is 4.39 Å². The molecule has 0 bridgehead atoms. The molecule has 1 amide bonds. The van der Waals surface area contributed by atoms with Gasteiger partial charge in [-0.15, -0.1) is 0 Å². The molecular weight excluding hydrogens is 423 g/mol. The Balaban J connectivity index is 2.06. The fraction of sp³-hybridized carbons (Fsp3) is 0.480. The van der Waals surface area contributed by atoms with Crippen molar-refractivity contribution in [2.75, 3.05) is 13.1 Å². The second-order valence-electron chi connectivity index (χ2n) is 10.4. The van der Waals surface area contributed by atoms with Crippen molar-refractivity contribution < 1.29 is 19.0 Å². The zero-order valence-electron chi connectivity index (χ0n) is 20.1. The van der Waals surface area contributed by atoms with Crippen LogP contribution in [0.3, 0.4) is 0 Å². The predicted molar refractivity (Wildman–Crippen MR) is 125 cm³/mol. The number of hydrogen-bond donors (Lipinski definition) is 3. The third-order valence-corrected chi connectivity index (χ3v) is 6.15.